The lowest BCUT2D eigenvalue weighted by molar-refractivity contribution is -0.872. The summed E-state index contributed by atoms with van der Waals surface area (Å²) in [5, 5.41) is 19.8. The first-order valence-electron chi connectivity index (χ1n) is 9.85. The van der Waals surface area contributed by atoms with Gasteiger partial charge >= 0.3 is 17.8 Å². The molecule has 0 radical (unpaired) electrons. The predicted octanol–water partition coefficient (Wildman–Crippen LogP) is 1.28. The number of hydrogen-bond donors (Lipinski definition) is 4. The molecule has 2 unspecified atom stereocenters. The zero-order valence-electron chi connectivity index (χ0n) is 16.4. The smallest absolute Gasteiger partial charge is 0.364 e. The Labute approximate surface area is 174 Å². The minimum atomic E-state index is -1.18. The van der Waals surface area contributed by atoms with Crippen LogP contribution in [0, 0.1) is 0 Å². The Bertz CT molecular complexity index is 717. The second-order valence-electron chi connectivity index (χ2n) is 7.36. The van der Waals surface area contributed by atoms with Crippen LogP contribution in [0.3, 0.4) is 0 Å². The average Bonchev–Trinajstić information content (AvgIpc) is 3.14. The van der Waals surface area contributed by atoms with Crippen molar-refractivity contribution in [2.24, 2.45) is 11.5 Å². The molecule has 29 heavy (non-hydrogen) atoms. The van der Waals surface area contributed by atoms with Crippen molar-refractivity contribution in [3.63, 3.8) is 0 Å². The summed E-state index contributed by atoms with van der Waals surface area (Å²) in [7, 11) is 0. The van der Waals surface area contributed by atoms with E-state index in [2.05, 4.69) is 0 Å². The summed E-state index contributed by atoms with van der Waals surface area (Å²) in [6, 6.07) is 6.06. The number of hydrogen-bond acceptors (Lipinski definition) is 6. The second kappa shape index (κ2) is 10.7. The number of carbonyl (C=O) groups excluding carboxylic acids is 1. The quantitative estimate of drug-likeness (QED) is 0.236. The lowest BCUT2D eigenvalue weighted by Gasteiger charge is -2.41. The molecule has 9 heteroatoms. The lowest BCUT2D eigenvalue weighted by atomic mass is 10.0. The number of aliphatic carboxylic acids is 2. The standard InChI is InChI=1S/C20H29N3O5S/c21-11-5-4-9-15(22)18(24)23(12-6-10-16(23)19(25)26)17(20(27)28)13-29-14-7-2-1-3-8-14/h1-3,7-8,15-17H,4-6,9-13,21-22H2,(H-,25,26,27,28)/p+1/t15-,16-,17?,23?/m0/s1. The number of thioether (sulfide) groups is 1. The van der Waals surface area contributed by atoms with Gasteiger partial charge in [0.05, 0.1) is 12.3 Å². The minimum Gasteiger partial charge on any atom is -0.477 e. The predicted molar refractivity (Wildman–Crippen MR) is 110 cm³/mol. The monoisotopic (exact) mass is 424 g/mol. The third-order valence-electron chi connectivity index (χ3n) is 5.54. The van der Waals surface area contributed by atoms with Crippen molar-refractivity contribution in [2.45, 2.75) is 55.1 Å². The number of carboxylic acids is 2. The van der Waals surface area contributed by atoms with Gasteiger partial charge in [0.25, 0.3) is 0 Å². The molecule has 160 valence electrons. The van der Waals surface area contributed by atoms with E-state index in [0.29, 0.717) is 32.2 Å². The highest BCUT2D eigenvalue weighted by atomic mass is 32.2. The first-order valence-corrected chi connectivity index (χ1v) is 10.8. The van der Waals surface area contributed by atoms with E-state index in [4.69, 9.17) is 11.5 Å². The van der Waals surface area contributed by atoms with Gasteiger partial charge in [0.1, 0.15) is 6.04 Å². The first kappa shape index (κ1) is 23.3. The van der Waals surface area contributed by atoms with Crippen LogP contribution < -0.4 is 11.5 Å². The van der Waals surface area contributed by atoms with E-state index in [9.17, 15) is 24.6 Å². The van der Waals surface area contributed by atoms with Crippen LogP contribution in [-0.2, 0) is 14.4 Å². The van der Waals surface area contributed by atoms with Crippen LogP contribution in [0.5, 0.6) is 0 Å². The Morgan fingerprint density at radius 2 is 1.86 bits per heavy atom. The molecule has 1 aromatic carbocycles. The number of nitrogens with two attached hydrogens (primary N) is 2. The van der Waals surface area contributed by atoms with Crippen molar-refractivity contribution in [1.82, 2.24) is 0 Å². The molecular formula is C20H30N3O5S+. The molecule has 1 aliphatic heterocycles. The zero-order valence-corrected chi connectivity index (χ0v) is 17.2. The molecule has 0 saturated carbocycles. The summed E-state index contributed by atoms with van der Waals surface area (Å²) in [5.41, 5.74) is 11.6. The summed E-state index contributed by atoms with van der Waals surface area (Å²) in [5.74, 6) is -2.73. The van der Waals surface area contributed by atoms with Gasteiger partial charge in [-0.15, -0.1) is 11.8 Å². The molecule has 1 fully saturated rings. The van der Waals surface area contributed by atoms with E-state index in [-0.39, 0.29) is 18.7 Å². The molecule has 6 N–H and O–H groups in total. The fraction of sp³-hybridized carbons (Fsp3) is 0.550. The summed E-state index contributed by atoms with van der Waals surface area (Å²) < 4.78 is -0.617. The molecular weight excluding hydrogens is 394 g/mol. The summed E-state index contributed by atoms with van der Waals surface area (Å²) in [6.45, 7) is 0.650. The molecule has 0 aliphatic carbocycles. The van der Waals surface area contributed by atoms with E-state index in [1.54, 1.807) is 0 Å². The molecule has 4 atom stereocenters. The Hall–Kier alpha value is -1.94. The number of benzene rings is 1. The maximum atomic E-state index is 13.4. The fourth-order valence-corrected chi connectivity index (χ4v) is 5.19. The largest absolute Gasteiger partial charge is 0.477 e. The normalized spacial score (nSPS) is 23.4. The lowest BCUT2D eigenvalue weighted by Crippen LogP contribution is -2.70. The number of amides is 1. The number of carboxylic acid groups (broad SMARTS) is 2. The van der Waals surface area contributed by atoms with Crippen molar-refractivity contribution < 1.29 is 29.1 Å². The van der Waals surface area contributed by atoms with Gasteiger partial charge in [-0.05, 0) is 37.9 Å². The molecule has 1 aliphatic rings. The Morgan fingerprint density at radius 1 is 1.17 bits per heavy atom. The maximum Gasteiger partial charge on any atom is 0.364 e. The molecule has 0 aromatic heterocycles. The van der Waals surface area contributed by atoms with Gasteiger partial charge in [-0.1, -0.05) is 18.2 Å². The van der Waals surface area contributed by atoms with Crippen molar-refractivity contribution in [3.05, 3.63) is 30.3 Å². The van der Waals surface area contributed by atoms with E-state index in [1.165, 1.54) is 11.8 Å². The Balaban J connectivity index is 2.34. The van der Waals surface area contributed by atoms with Gasteiger partial charge in [0, 0.05) is 17.7 Å². The van der Waals surface area contributed by atoms with Gasteiger partial charge in [-0.3, -0.25) is 0 Å². The Kier molecular flexibility index (Phi) is 8.63. The van der Waals surface area contributed by atoms with Crippen LogP contribution in [0.4, 0.5) is 0 Å². The summed E-state index contributed by atoms with van der Waals surface area (Å²) in [6.07, 6.45) is 2.43. The van der Waals surface area contributed by atoms with Gasteiger partial charge < -0.3 is 21.7 Å². The molecule has 2 rings (SSSR count). The topological polar surface area (TPSA) is 144 Å². The van der Waals surface area contributed by atoms with Gasteiger partial charge in [-0.25, -0.2) is 18.9 Å². The Morgan fingerprint density at radius 3 is 2.45 bits per heavy atom. The zero-order chi connectivity index (χ0) is 21.4. The van der Waals surface area contributed by atoms with Crippen molar-refractivity contribution in [1.29, 1.82) is 0 Å². The number of likely N-dealkylation sites (tertiary alicyclic amines) is 1. The molecule has 1 saturated heterocycles. The number of quaternary nitrogens is 1. The highest BCUT2D eigenvalue weighted by Crippen LogP contribution is 2.35. The maximum absolute atomic E-state index is 13.4. The fourth-order valence-electron chi connectivity index (χ4n) is 4.08. The number of carbonyl (C=O) groups is 3. The number of nitrogens with zero attached hydrogens (tertiary/aromatic N) is 1. The SMILES string of the molecule is NCCCC[C@H](N)C(=O)[N+]1(C(CSc2ccccc2)C(=O)O)CCC[C@H]1C(=O)O. The minimum absolute atomic E-state index is 0.0877. The van der Waals surface area contributed by atoms with Crippen LogP contribution >= 0.6 is 11.8 Å². The molecule has 0 bridgehead atoms. The second-order valence-corrected chi connectivity index (χ2v) is 8.45. The highest BCUT2D eigenvalue weighted by molar-refractivity contribution is 7.99. The van der Waals surface area contributed by atoms with Crippen LogP contribution in [0.1, 0.15) is 32.1 Å². The van der Waals surface area contributed by atoms with E-state index >= 15 is 0 Å². The summed E-state index contributed by atoms with van der Waals surface area (Å²) in [4.78, 5) is 38.5. The van der Waals surface area contributed by atoms with Crippen molar-refractivity contribution >= 4 is 29.6 Å². The number of unbranched alkanes of at least 4 members (excludes halogenated alkanes) is 1. The van der Waals surface area contributed by atoms with Gasteiger partial charge in [-0.2, -0.15) is 0 Å². The van der Waals surface area contributed by atoms with E-state index < -0.39 is 40.5 Å². The van der Waals surface area contributed by atoms with Gasteiger partial charge in [0.2, 0.25) is 6.04 Å². The first-order chi connectivity index (χ1) is 13.8. The van der Waals surface area contributed by atoms with Crippen LogP contribution in [0.2, 0.25) is 0 Å². The summed E-state index contributed by atoms with van der Waals surface area (Å²) >= 11 is 1.31. The van der Waals surface area contributed by atoms with Crippen molar-refractivity contribution in [3.8, 4) is 0 Å². The molecule has 0 spiro atoms. The molecule has 8 nitrogen and oxygen atoms in total. The number of rotatable bonds is 11. The third-order valence-corrected chi connectivity index (χ3v) is 6.62. The van der Waals surface area contributed by atoms with Crippen LogP contribution in [0.25, 0.3) is 0 Å². The van der Waals surface area contributed by atoms with Crippen LogP contribution in [-0.4, -0.2) is 69.5 Å². The average molecular weight is 425 g/mol. The van der Waals surface area contributed by atoms with Crippen molar-refractivity contribution in [2.75, 3.05) is 18.8 Å². The molecule has 1 heterocycles. The highest BCUT2D eigenvalue weighted by Gasteiger charge is 2.59. The molecule has 1 amide bonds. The van der Waals surface area contributed by atoms with Gasteiger partial charge in [0.15, 0.2) is 6.04 Å². The van der Waals surface area contributed by atoms with E-state index in [0.717, 1.165) is 4.90 Å². The molecule has 1 aromatic rings. The third kappa shape index (κ3) is 5.36. The van der Waals surface area contributed by atoms with Crippen LogP contribution in [0.15, 0.2) is 35.2 Å². The van der Waals surface area contributed by atoms with E-state index in [1.807, 2.05) is 30.3 Å².